The van der Waals surface area contributed by atoms with E-state index in [9.17, 15) is 9.59 Å². The van der Waals surface area contributed by atoms with Crippen LogP contribution in [0.5, 0.6) is 0 Å². The van der Waals surface area contributed by atoms with E-state index in [4.69, 9.17) is 0 Å². The Kier molecular flexibility index (Phi) is 5.24. The van der Waals surface area contributed by atoms with Crippen LogP contribution in [-0.4, -0.2) is 68.4 Å². The molecule has 8 nitrogen and oxygen atoms in total. The van der Waals surface area contributed by atoms with Gasteiger partial charge in [0.15, 0.2) is 5.65 Å². The van der Waals surface area contributed by atoms with Crippen molar-refractivity contribution < 1.29 is 9.59 Å². The Hall–Kier alpha value is -3.29. The largest absolute Gasteiger partial charge is 0.345 e. The Bertz CT molecular complexity index is 1030. The highest BCUT2D eigenvalue weighted by atomic mass is 16.2. The summed E-state index contributed by atoms with van der Waals surface area (Å²) in [6.07, 6.45) is 7.19. The van der Waals surface area contributed by atoms with Crippen molar-refractivity contribution in [1.29, 1.82) is 0 Å². The van der Waals surface area contributed by atoms with Crippen LogP contribution in [0.3, 0.4) is 0 Å². The molecule has 0 spiro atoms. The molecular formula is C21H24N6O2. The maximum atomic E-state index is 12.8. The van der Waals surface area contributed by atoms with E-state index in [1.165, 1.54) is 4.90 Å². The third-order valence-electron chi connectivity index (χ3n) is 5.32. The van der Waals surface area contributed by atoms with E-state index in [0.717, 1.165) is 30.8 Å². The van der Waals surface area contributed by atoms with Gasteiger partial charge in [0.25, 0.3) is 5.91 Å². The van der Waals surface area contributed by atoms with Crippen molar-refractivity contribution >= 4 is 17.5 Å². The number of likely N-dealkylation sites (tertiary alicyclic amines) is 1. The smallest absolute Gasteiger partial charge is 0.258 e. The number of amides is 2. The summed E-state index contributed by atoms with van der Waals surface area (Å²) in [6.45, 7) is 1.38. The van der Waals surface area contributed by atoms with Crippen LogP contribution < -0.4 is 0 Å². The summed E-state index contributed by atoms with van der Waals surface area (Å²) in [6, 6.07) is 7.55. The molecule has 29 heavy (non-hydrogen) atoms. The SMILES string of the molecule is CN(C)C(=O)c1cnn2c(C3CCCN(C(=O)Cc4ccccn4)C3)ccnc12. The Labute approximate surface area is 169 Å². The standard InChI is InChI=1S/C21H24N6O2/c1-25(2)21(29)17-13-24-27-18(8-10-23-20(17)27)15-6-5-11-26(14-15)19(28)12-16-7-3-4-9-22-16/h3-4,7-10,13,15H,5-6,11-12,14H2,1-2H3. The molecule has 0 radical (unpaired) electrons. The van der Waals surface area contributed by atoms with Crippen LogP contribution in [0.1, 0.15) is 40.5 Å². The summed E-state index contributed by atoms with van der Waals surface area (Å²) >= 11 is 0. The molecule has 0 saturated carbocycles. The first-order valence-corrected chi connectivity index (χ1v) is 9.76. The Balaban J connectivity index is 1.56. The van der Waals surface area contributed by atoms with Gasteiger partial charge in [0.05, 0.1) is 18.3 Å². The summed E-state index contributed by atoms with van der Waals surface area (Å²) in [5.41, 5.74) is 2.79. The first kappa shape index (κ1) is 19.0. The van der Waals surface area contributed by atoms with Crippen LogP contribution in [0.4, 0.5) is 0 Å². The van der Waals surface area contributed by atoms with Crippen LogP contribution >= 0.6 is 0 Å². The number of rotatable bonds is 4. The number of hydrogen-bond donors (Lipinski definition) is 0. The molecule has 0 aliphatic carbocycles. The molecule has 4 heterocycles. The van der Waals surface area contributed by atoms with Gasteiger partial charge >= 0.3 is 0 Å². The summed E-state index contributed by atoms with van der Waals surface area (Å²) in [5.74, 6) is 0.104. The molecule has 3 aromatic heterocycles. The average molecular weight is 392 g/mol. The number of aromatic nitrogens is 4. The summed E-state index contributed by atoms with van der Waals surface area (Å²) in [5, 5.41) is 4.43. The van der Waals surface area contributed by atoms with Crippen molar-refractivity contribution in [3.63, 3.8) is 0 Å². The monoisotopic (exact) mass is 392 g/mol. The number of hydrogen-bond acceptors (Lipinski definition) is 5. The highest BCUT2D eigenvalue weighted by Crippen LogP contribution is 2.28. The van der Waals surface area contributed by atoms with Gasteiger partial charge in [-0.25, -0.2) is 9.50 Å². The molecule has 3 aromatic rings. The summed E-state index contributed by atoms with van der Waals surface area (Å²) < 4.78 is 1.74. The third-order valence-corrected chi connectivity index (χ3v) is 5.32. The quantitative estimate of drug-likeness (QED) is 0.676. The lowest BCUT2D eigenvalue weighted by Gasteiger charge is -2.33. The van der Waals surface area contributed by atoms with Gasteiger partial charge in [-0.05, 0) is 31.0 Å². The molecule has 0 aromatic carbocycles. The molecule has 0 N–H and O–H groups in total. The van der Waals surface area contributed by atoms with Crippen LogP contribution in [0.2, 0.25) is 0 Å². The van der Waals surface area contributed by atoms with E-state index >= 15 is 0 Å². The predicted octanol–water partition coefficient (Wildman–Crippen LogP) is 1.77. The number of carbonyl (C=O) groups excluding carboxylic acids is 2. The third kappa shape index (κ3) is 3.83. The molecule has 0 bridgehead atoms. The molecule has 150 valence electrons. The van der Waals surface area contributed by atoms with E-state index in [0.29, 0.717) is 24.2 Å². The van der Waals surface area contributed by atoms with Crippen molar-refractivity contribution in [2.75, 3.05) is 27.2 Å². The van der Waals surface area contributed by atoms with E-state index in [1.54, 1.807) is 37.2 Å². The molecular weight excluding hydrogens is 368 g/mol. The zero-order valence-electron chi connectivity index (χ0n) is 16.7. The molecule has 1 saturated heterocycles. The molecule has 1 fully saturated rings. The van der Waals surface area contributed by atoms with Crippen molar-refractivity contribution in [2.45, 2.75) is 25.2 Å². The molecule has 8 heteroatoms. The average Bonchev–Trinajstić information content (AvgIpc) is 3.18. The highest BCUT2D eigenvalue weighted by molar-refractivity contribution is 5.99. The first-order chi connectivity index (χ1) is 14.0. The van der Waals surface area contributed by atoms with E-state index in [-0.39, 0.29) is 17.7 Å². The first-order valence-electron chi connectivity index (χ1n) is 9.76. The fourth-order valence-electron chi connectivity index (χ4n) is 3.83. The zero-order valence-corrected chi connectivity index (χ0v) is 16.7. The van der Waals surface area contributed by atoms with Gasteiger partial charge in [-0.1, -0.05) is 6.07 Å². The lowest BCUT2D eigenvalue weighted by Crippen LogP contribution is -2.40. The van der Waals surface area contributed by atoms with Crippen molar-refractivity contribution in [2.24, 2.45) is 0 Å². The van der Waals surface area contributed by atoms with Crippen molar-refractivity contribution in [1.82, 2.24) is 29.4 Å². The second-order valence-corrected chi connectivity index (χ2v) is 7.54. The van der Waals surface area contributed by atoms with E-state index in [2.05, 4.69) is 15.1 Å². The fraction of sp³-hybridized carbons (Fsp3) is 0.381. The lowest BCUT2D eigenvalue weighted by molar-refractivity contribution is -0.131. The van der Waals surface area contributed by atoms with Crippen molar-refractivity contribution in [3.8, 4) is 0 Å². The number of pyridine rings is 1. The predicted molar refractivity (Wildman–Crippen MR) is 108 cm³/mol. The van der Waals surface area contributed by atoms with Gasteiger partial charge < -0.3 is 9.80 Å². The minimum absolute atomic E-state index is 0.0858. The van der Waals surface area contributed by atoms with Gasteiger partial charge in [0.2, 0.25) is 5.91 Å². The van der Waals surface area contributed by atoms with Crippen LogP contribution in [0, 0.1) is 0 Å². The number of fused-ring (bicyclic) bond motifs is 1. The number of piperidine rings is 1. The molecule has 1 aliphatic heterocycles. The van der Waals surface area contributed by atoms with Gasteiger partial charge in [-0.15, -0.1) is 0 Å². The normalized spacial score (nSPS) is 16.8. The Morgan fingerprint density at radius 1 is 1.17 bits per heavy atom. The fourth-order valence-corrected chi connectivity index (χ4v) is 3.83. The lowest BCUT2D eigenvalue weighted by atomic mass is 9.94. The molecule has 4 rings (SSSR count). The second kappa shape index (κ2) is 7.98. The molecule has 1 atom stereocenters. The van der Waals surface area contributed by atoms with E-state index < -0.39 is 0 Å². The van der Waals surface area contributed by atoms with Crippen LogP contribution in [-0.2, 0) is 11.2 Å². The van der Waals surface area contributed by atoms with Gasteiger partial charge in [-0.3, -0.25) is 14.6 Å². The topological polar surface area (TPSA) is 83.7 Å². The Morgan fingerprint density at radius 2 is 2.03 bits per heavy atom. The van der Waals surface area contributed by atoms with E-state index in [1.807, 2.05) is 29.2 Å². The van der Waals surface area contributed by atoms with Crippen LogP contribution in [0.15, 0.2) is 42.9 Å². The molecule has 1 unspecified atom stereocenters. The maximum Gasteiger partial charge on any atom is 0.258 e. The number of nitrogens with zero attached hydrogens (tertiary/aromatic N) is 6. The summed E-state index contributed by atoms with van der Waals surface area (Å²) in [4.78, 5) is 37.2. The van der Waals surface area contributed by atoms with Gasteiger partial charge in [0.1, 0.15) is 5.56 Å². The zero-order chi connectivity index (χ0) is 20.4. The maximum absolute atomic E-state index is 12.8. The van der Waals surface area contributed by atoms with Gasteiger partial charge in [0, 0.05) is 51.2 Å². The minimum atomic E-state index is -0.125. The Morgan fingerprint density at radius 3 is 2.79 bits per heavy atom. The van der Waals surface area contributed by atoms with Crippen molar-refractivity contribution in [3.05, 3.63) is 59.8 Å². The number of carbonyl (C=O) groups is 2. The summed E-state index contributed by atoms with van der Waals surface area (Å²) in [7, 11) is 3.42. The molecule has 2 amide bonds. The molecule has 1 aliphatic rings. The second-order valence-electron chi connectivity index (χ2n) is 7.54. The minimum Gasteiger partial charge on any atom is -0.345 e. The highest BCUT2D eigenvalue weighted by Gasteiger charge is 2.27. The van der Waals surface area contributed by atoms with Gasteiger partial charge in [-0.2, -0.15) is 5.10 Å². The van der Waals surface area contributed by atoms with Crippen LogP contribution in [0.25, 0.3) is 5.65 Å².